The van der Waals surface area contributed by atoms with Gasteiger partial charge in [-0.15, -0.1) is 0 Å². The monoisotopic (exact) mass is 405 g/mol. The van der Waals surface area contributed by atoms with Crippen LogP contribution >= 0.6 is 31.9 Å². The molecule has 0 bridgehead atoms. The third-order valence-corrected chi connectivity index (χ3v) is 3.76. The Labute approximate surface area is 137 Å². The summed E-state index contributed by atoms with van der Waals surface area (Å²) >= 11 is 6.69. The highest BCUT2D eigenvalue weighted by Gasteiger charge is 2.10. The summed E-state index contributed by atoms with van der Waals surface area (Å²) in [4.78, 5) is 20.6. The number of aromatic nitrogens is 2. The molecule has 0 saturated carbocycles. The Hall–Kier alpha value is -1.79. The Morgan fingerprint density at radius 2 is 1.86 bits per heavy atom. The molecule has 3 aromatic rings. The first kappa shape index (κ1) is 14.2. The molecule has 21 heavy (non-hydrogen) atoms. The van der Waals surface area contributed by atoms with E-state index in [0.717, 1.165) is 19.8 Å². The maximum absolute atomic E-state index is 12.3. The number of rotatable bonds is 2. The van der Waals surface area contributed by atoms with Crippen molar-refractivity contribution in [2.24, 2.45) is 0 Å². The van der Waals surface area contributed by atoms with Gasteiger partial charge in [-0.2, -0.15) is 0 Å². The predicted octanol–water partition coefficient (Wildman–Crippen LogP) is 4.41. The summed E-state index contributed by atoms with van der Waals surface area (Å²) in [6.07, 6.45) is 4.86. The quantitative estimate of drug-likeness (QED) is 0.685. The van der Waals surface area contributed by atoms with Gasteiger partial charge in [0.2, 0.25) is 0 Å². The minimum Gasteiger partial charge on any atom is -0.320 e. The van der Waals surface area contributed by atoms with Gasteiger partial charge in [0.15, 0.2) is 0 Å². The van der Waals surface area contributed by atoms with E-state index in [1.54, 1.807) is 18.5 Å². The molecule has 0 aliphatic rings. The fraction of sp³-hybridized carbons (Fsp3) is 0. The van der Waals surface area contributed by atoms with E-state index in [1.807, 2.05) is 24.3 Å². The second-order valence-corrected chi connectivity index (χ2v) is 6.21. The van der Waals surface area contributed by atoms with E-state index in [1.165, 1.54) is 6.20 Å². The first-order chi connectivity index (χ1) is 10.1. The zero-order valence-corrected chi connectivity index (χ0v) is 13.8. The van der Waals surface area contributed by atoms with Crippen LogP contribution in [-0.2, 0) is 0 Å². The summed E-state index contributed by atoms with van der Waals surface area (Å²) in [6, 6.07) is 9.33. The van der Waals surface area contributed by atoms with Crippen LogP contribution in [0.1, 0.15) is 10.4 Å². The fourth-order valence-electron chi connectivity index (χ4n) is 1.97. The minimum absolute atomic E-state index is 0.221. The minimum atomic E-state index is -0.221. The highest BCUT2D eigenvalue weighted by atomic mass is 79.9. The Balaban J connectivity index is 1.96. The molecule has 4 nitrogen and oxygen atoms in total. The lowest BCUT2D eigenvalue weighted by atomic mass is 10.2. The molecular formula is C15H9Br2N3O. The number of nitrogens with zero attached hydrogens (tertiary/aromatic N) is 2. The Bertz CT molecular complexity index is 836. The number of benzene rings is 1. The Morgan fingerprint density at radius 3 is 2.67 bits per heavy atom. The van der Waals surface area contributed by atoms with Crippen molar-refractivity contribution in [3.8, 4) is 0 Å². The summed E-state index contributed by atoms with van der Waals surface area (Å²) < 4.78 is 1.66. The Kier molecular flexibility index (Phi) is 3.98. The van der Waals surface area contributed by atoms with Crippen molar-refractivity contribution in [1.82, 2.24) is 9.97 Å². The van der Waals surface area contributed by atoms with Crippen LogP contribution < -0.4 is 5.32 Å². The maximum Gasteiger partial charge on any atom is 0.257 e. The average molecular weight is 407 g/mol. The average Bonchev–Trinajstić information content (AvgIpc) is 2.47. The maximum atomic E-state index is 12.3. The molecule has 104 valence electrons. The number of hydrogen-bond donors (Lipinski definition) is 1. The van der Waals surface area contributed by atoms with Gasteiger partial charge in [-0.05, 0) is 50.1 Å². The largest absolute Gasteiger partial charge is 0.320 e. The van der Waals surface area contributed by atoms with E-state index in [-0.39, 0.29) is 5.91 Å². The van der Waals surface area contributed by atoms with Crippen molar-refractivity contribution >= 4 is 54.4 Å². The standard InChI is InChI=1S/C15H9Br2N3O/c16-11-5-10(6-18-7-11)15(21)20-13-3-1-2-9-4-12(17)8-19-14(9)13/h1-8H,(H,20,21). The predicted molar refractivity (Wildman–Crippen MR) is 89.3 cm³/mol. The van der Waals surface area contributed by atoms with Crippen LogP contribution in [0.5, 0.6) is 0 Å². The molecule has 0 fully saturated rings. The number of amides is 1. The number of para-hydroxylation sites is 1. The van der Waals surface area contributed by atoms with Gasteiger partial charge >= 0.3 is 0 Å². The van der Waals surface area contributed by atoms with Gasteiger partial charge in [-0.3, -0.25) is 14.8 Å². The third kappa shape index (κ3) is 3.11. The van der Waals surface area contributed by atoms with Crippen molar-refractivity contribution < 1.29 is 4.79 Å². The number of carbonyl (C=O) groups excluding carboxylic acids is 1. The first-order valence-corrected chi connectivity index (χ1v) is 7.68. The van der Waals surface area contributed by atoms with Crippen LogP contribution in [0.3, 0.4) is 0 Å². The van der Waals surface area contributed by atoms with Crippen LogP contribution in [-0.4, -0.2) is 15.9 Å². The number of halogens is 2. The highest BCUT2D eigenvalue weighted by Crippen LogP contribution is 2.24. The molecule has 0 radical (unpaired) electrons. The van der Waals surface area contributed by atoms with Crippen molar-refractivity contribution in [2.45, 2.75) is 0 Å². The van der Waals surface area contributed by atoms with Crippen molar-refractivity contribution in [1.29, 1.82) is 0 Å². The number of anilines is 1. The summed E-state index contributed by atoms with van der Waals surface area (Å²) in [5.41, 5.74) is 1.90. The molecule has 0 aliphatic heterocycles. The molecular weight excluding hydrogens is 398 g/mol. The van der Waals surface area contributed by atoms with Crippen LogP contribution in [0.2, 0.25) is 0 Å². The van der Waals surface area contributed by atoms with Crippen LogP contribution in [0.15, 0.2) is 57.9 Å². The first-order valence-electron chi connectivity index (χ1n) is 6.10. The van der Waals surface area contributed by atoms with Gasteiger partial charge in [0.05, 0.1) is 16.8 Å². The SMILES string of the molecule is O=C(Nc1cccc2cc(Br)cnc12)c1cncc(Br)c1. The van der Waals surface area contributed by atoms with Crippen LogP contribution in [0, 0.1) is 0 Å². The lowest BCUT2D eigenvalue weighted by molar-refractivity contribution is 0.102. The number of hydrogen-bond acceptors (Lipinski definition) is 3. The number of carbonyl (C=O) groups is 1. The summed E-state index contributed by atoms with van der Waals surface area (Å²) in [5.74, 6) is -0.221. The van der Waals surface area contributed by atoms with Gasteiger partial charge in [-0.1, -0.05) is 12.1 Å². The van der Waals surface area contributed by atoms with Gasteiger partial charge in [0, 0.05) is 32.9 Å². The molecule has 0 spiro atoms. The number of pyridine rings is 2. The summed E-state index contributed by atoms with van der Waals surface area (Å²) in [6.45, 7) is 0. The molecule has 1 N–H and O–H groups in total. The molecule has 6 heteroatoms. The summed E-state index contributed by atoms with van der Waals surface area (Å²) in [7, 11) is 0. The zero-order chi connectivity index (χ0) is 14.8. The topological polar surface area (TPSA) is 54.9 Å². The zero-order valence-electron chi connectivity index (χ0n) is 10.7. The molecule has 0 aliphatic carbocycles. The number of nitrogens with one attached hydrogen (secondary N) is 1. The van der Waals surface area contributed by atoms with Crippen LogP contribution in [0.4, 0.5) is 5.69 Å². The van der Waals surface area contributed by atoms with Crippen LogP contribution in [0.25, 0.3) is 10.9 Å². The van der Waals surface area contributed by atoms with Gasteiger partial charge < -0.3 is 5.32 Å². The molecule has 3 rings (SSSR count). The fourth-order valence-corrected chi connectivity index (χ4v) is 2.68. The van der Waals surface area contributed by atoms with E-state index in [9.17, 15) is 4.79 Å². The van der Waals surface area contributed by atoms with E-state index >= 15 is 0 Å². The summed E-state index contributed by atoms with van der Waals surface area (Å²) in [5, 5.41) is 3.82. The van der Waals surface area contributed by atoms with Gasteiger partial charge in [0.25, 0.3) is 5.91 Å². The lowest BCUT2D eigenvalue weighted by Gasteiger charge is -2.08. The third-order valence-electron chi connectivity index (χ3n) is 2.89. The highest BCUT2D eigenvalue weighted by molar-refractivity contribution is 9.10. The molecule has 1 aromatic carbocycles. The normalized spacial score (nSPS) is 10.6. The van der Waals surface area contributed by atoms with E-state index in [0.29, 0.717) is 11.3 Å². The van der Waals surface area contributed by atoms with Crippen molar-refractivity contribution in [3.63, 3.8) is 0 Å². The van der Waals surface area contributed by atoms with Crippen molar-refractivity contribution in [2.75, 3.05) is 5.32 Å². The molecule has 0 unspecified atom stereocenters. The second kappa shape index (κ2) is 5.91. The molecule has 1 amide bonds. The van der Waals surface area contributed by atoms with E-state index in [4.69, 9.17) is 0 Å². The second-order valence-electron chi connectivity index (χ2n) is 4.38. The molecule has 0 saturated heterocycles. The molecule has 0 atom stereocenters. The molecule has 2 aromatic heterocycles. The lowest BCUT2D eigenvalue weighted by Crippen LogP contribution is -2.12. The van der Waals surface area contributed by atoms with Crippen molar-refractivity contribution in [3.05, 3.63) is 63.4 Å². The Morgan fingerprint density at radius 1 is 1.05 bits per heavy atom. The number of fused-ring (bicyclic) bond motifs is 1. The van der Waals surface area contributed by atoms with E-state index in [2.05, 4.69) is 47.1 Å². The molecule has 2 heterocycles. The van der Waals surface area contributed by atoms with Gasteiger partial charge in [-0.25, -0.2) is 0 Å². The van der Waals surface area contributed by atoms with Gasteiger partial charge in [0.1, 0.15) is 0 Å². The van der Waals surface area contributed by atoms with E-state index < -0.39 is 0 Å². The smallest absolute Gasteiger partial charge is 0.257 e.